The minimum absolute atomic E-state index is 0.102. The lowest BCUT2D eigenvalue weighted by Gasteiger charge is -2.24. The molecule has 1 aromatic carbocycles. The van der Waals surface area contributed by atoms with Crippen molar-refractivity contribution in [2.24, 2.45) is 5.92 Å². The molecule has 1 aliphatic heterocycles. The maximum Gasteiger partial charge on any atom is 0.327 e. The number of ether oxygens (including phenoxy) is 2. The summed E-state index contributed by atoms with van der Waals surface area (Å²) >= 11 is 0. The zero-order valence-corrected chi connectivity index (χ0v) is 10.3. The number of carboxylic acids is 1. The van der Waals surface area contributed by atoms with Gasteiger partial charge in [0.05, 0.1) is 13.2 Å². The number of hydrogen-bond acceptors (Lipinski definition) is 3. The first-order valence-electron chi connectivity index (χ1n) is 5.99. The van der Waals surface area contributed by atoms with Crippen LogP contribution in [0.3, 0.4) is 0 Å². The van der Waals surface area contributed by atoms with Gasteiger partial charge < -0.3 is 14.6 Å². The van der Waals surface area contributed by atoms with Crippen molar-refractivity contribution < 1.29 is 19.4 Å². The first-order valence-corrected chi connectivity index (χ1v) is 5.99. The highest BCUT2D eigenvalue weighted by atomic mass is 16.5. The molecule has 0 saturated heterocycles. The number of carbonyl (C=O) groups is 1. The summed E-state index contributed by atoms with van der Waals surface area (Å²) in [6.45, 7) is 3.02. The maximum absolute atomic E-state index is 10.5. The predicted molar refractivity (Wildman–Crippen MR) is 67.1 cm³/mol. The highest BCUT2D eigenvalue weighted by molar-refractivity contribution is 5.79. The van der Waals surface area contributed by atoms with Crippen LogP contribution >= 0.6 is 0 Å². The second kappa shape index (κ2) is 5.58. The summed E-state index contributed by atoms with van der Waals surface area (Å²) in [5.41, 5.74) is 1.06. The van der Waals surface area contributed by atoms with Crippen molar-refractivity contribution in [1.82, 2.24) is 0 Å². The molecule has 0 bridgehead atoms. The van der Waals surface area contributed by atoms with Crippen LogP contribution in [0, 0.1) is 5.92 Å². The summed E-state index contributed by atoms with van der Waals surface area (Å²) in [4.78, 5) is 10.5. The first kappa shape index (κ1) is 12.5. The van der Waals surface area contributed by atoms with E-state index in [4.69, 9.17) is 14.6 Å². The quantitative estimate of drug-likeness (QED) is 0.830. The normalized spacial score (nSPS) is 18.2. The minimum atomic E-state index is -0.927. The van der Waals surface area contributed by atoms with E-state index in [1.165, 1.54) is 6.08 Å². The fourth-order valence-electron chi connectivity index (χ4n) is 2.03. The van der Waals surface area contributed by atoms with E-state index < -0.39 is 5.97 Å². The molecule has 0 amide bonds. The molecule has 0 saturated carbocycles. The summed E-state index contributed by atoms with van der Waals surface area (Å²) in [5.74, 6) is 0.726. The molecule has 1 N–H and O–H groups in total. The highest BCUT2D eigenvalue weighted by Crippen LogP contribution is 2.36. The lowest BCUT2D eigenvalue weighted by Crippen LogP contribution is -2.20. The van der Waals surface area contributed by atoms with Crippen molar-refractivity contribution in [2.45, 2.75) is 13.3 Å². The van der Waals surface area contributed by atoms with Gasteiger partial charge in [-0.1, -0.05) is 18.2 Å². The number of aliphatic carboxylic acids is 1. The molecular weight excluding hydrogens is 232 g/mol. The van der Waals surface area contributed by atoms with Gasteiger partial charge in [-0.05, 0) is 25.0 Å². The Morgan fingerprint density at radius 3 is 3.17 bits per heavy atom. The van der Waals surface area contributed by atoms with Crippen LogP contribution in [0.2, 0.25) is 0 Å². The molecule has 2 rings (SSSR count). The standard InChI is InChI=1S/C14H16O4/c1-2-17-12-5-3-4-11-8-10(6-7-13(15)16)9-18-14(11)12/h3-7,10H,2,8-9H2,1H3,(H,15,16)/b7-6+. The van der Waals surface area contributed by atoms with Crippen LogP contribution in [0.1, 0.15) is 12.5 Å². The van der Waals surface area contributed by atoms with E-state index in [-0.39, 0.29) is 5.92 Å². The van der Waals surface area contributed by atoms with E-state index >= 15 is 0 Å². The number of benzene rings is 1. The fourth-order valence-corrected chi connectivity index (χ4v) is 2.03. The molecule has 0 radical (unpaired) electrons. The van der Waals surface area contributed by atoms with Gasteiger partial charge >= 0.3 is 5.97 Å². The molecule has 0 aromatic heterocycles. The molecule has 18 heavy (non-hydrogen) atoms. The van der Waals surface area contributed by atoms with E-state index in [1.807, 2.05) is 25.1 Å². The summed E-state index contributed by atoms with van der Waals surface area (Å²) in [6, 6.07) is 5.80. The van der Waals surface area contributed by atoms with Crippen LogP contribution < -0.4 is 9.47 Å². The fraction of sp³-hybridized carbons (Fsp3) is 0.357. The topological polar surface area (TPSA) is 55.8 Å². The Labute approximate surface area is 106 Å². The third-order valence-electron chi connectivity index (χ3n) is 2.80. The molecule has 1 atom stereocenters. The van der Waals surface area contributed by atoms with Gasteiger partial charge in [0.2, 0.25) is 0 Å². The van der Waals surface area contributed by atoms with Gasteiger partial charge in [0.25, 0.3) is 0 Å². The van der Waals surface area contributed by atoms with Crippen LogP contribution in [0.4, 0.5) is 0 Å². The monoisotopic (exact) mass is 248 g/mol. The van der Waals surface area contributed by atoms with E-state index in [0.717, 1.165) is 23.5 Å². The second-order valence-corrected chi connectivity index (χ2v) is 4.15. The molecule has 1 aliphatic rings. The largest absolute Gasteiger partial charge is 0.490 e. The Morgan fingerprint density at radius 1 is 1.61 bits per heavy atom. The number of hydrogen-bond donors (Lipinski definition) is 1. The van der Waals surface area contributed by atoms with Crippen LogP contribution in [0.15, 0.2) is 30.4 Å². The third kappa shape index (κ3) is 2.83. The summed E-state index contributed by atoms with van der Waals surface area (Å²) in [5, 5.41) is 8.61. The van der Waals surface area contributed by atoms with Crippen LogP contribution in [-0.2, 0) is 11.2 Å². The number of rotatable bonds is 4. The molecule has 1 aromatic rings. The van der Waals surface area contributed by atoms with Crippen LogP contribution in [0.5, 0.6) is 11.5 Å². The third-order valence-corrected chi connectivity index (χ3v) is 2.80. The van der Waals surface area contributed by atoms with Gasteiger partial charge in [-0.25, -0.2) is 4.79 Å². The summed E-state index contributed by atoms with van der Waals surface area (Å²) in [6.07, 6.45) is 3.63. The molecule has 1 heterocycles. The van der Waals surface area contributed by atoms with Gasteiger partial charge in [-0.15, -0.1) is 0 Å². The van der Waals surface area contributed by atoms with Crippen LogP contribution in [-0.4, -0.2) is 24.3 Å². The van der Waals surface area contributed by atoms with Gasteiger partial charge in [0.1, 0.15) is 0 Å². The molecule has 0 aliphatic carbocycles. The number of fused-ring (bicyclic) bond motifs is 1. The molecule has 0 spiro atoms. The minimum Gasteiger partial charge on any atom is -0.490 e. The first-order chi connectivity index (χ1) is 8.70. The predicted octanol–water partition coefficient (Wildman–Crippen LogP) is 2.28. The van der Waals surface area contributed by atoms with Gasteiger partial charge in [-0.2, -0.15) is 0 Å². The Morgan fingerprint density at radius 2 is 2.44 bits per heavy atom. The molecule has 1 unspecified atom stereocenters. The summed E-state index contributed by atoms with van der Waals surface area (Å²) < 4.78 is 11.2. The van der Waals surface area contributed by atoms with E-state index in [0.29, 0.717) is 13.2 Å². The molecule has 4 heteroatoms. The van der Waals surface area contributed by atoms with Gasteiger partial charge in [0, 0.05) is 12.0 Å². The summed E-state index contributed by atoms with van der Waals surface area (Å²) in [7, 11) is 0. The molecule has 4 nitrogen and oxygen atoms in total. The lowest BCUT2D eigenvalue weighted by atomic mass is 9.96. The Kier molecular flexibility index (Phi) is 3.87. The van der Waals surface area contributed by atoms with E-state index in [1.54, 1.807) is 6.08 Å². The maximum atomic E-state index is 10.5. The Hall–Kier alpha value is -1.97. The zero-order valence-electron chi connectivity index (χ0n) is 10.3. The average molecular weight is 248 g/mol. The van der Waals surface area contributed by atoms with Crippen molar-refractivity contribution in [1.29, 1.82) is 0 Å². The molecular formula is C14H16O4. The highest BCUT2D eigenvalue weighted by Gasteiger charge is 2.21. The molecule has 96 valence electrons. The van der Waals surface area contributed by atoms with Crippen molar-refractivity contribution in [3.8, 4) is 11.5 Å². The Balaban J connectivity index is 2.15. The van der Waals surface area contributed by atoms with Gasteiger partial charge in [-0.3, -0.25) is 0 Å². The SMILES string of the molecule is CCOc1cccc2c1OCC(/C=C/C(=O)O)C2. The van der Waals surface area contributed by atoms with E-state index in [2.05, 4.69) is 0 Å². The van der Waals surface area contributed by atoms with Crippen molar-refractivity contribution in [3.05, 3.63) is 35.9 Å². The van der Waals surface area contributed by atoms with E-state index in [9.17, 15) is 4.79 Å². The average Bonchev–Trinajstić information content (AvgIpc) is 2.37. The number of carboxylic acid groups (broad SMARTS) is 1. The van der Waals surface area contributed by atoms with Gasteiger partial charge in [0.15, 0.2) is 11.5 Å². The van der Waals surface area contributed by atoms with Crippen molar-refractivity contribution >= 4 is 5.97 Å². The smallest absolute Gasteiger partial charge is 0.327 e. The van der Waals surface area contributed by atoms with Crippen molar-refractivity contribution in [3.63, 3.8) is 0 Å². The number of para-hydroxylation sites is 1. The second-order valence-electron chi connectivity index (χ2n) is 4.15. The Bertz CT molecular complexity index is 465. The molecule has 0 fully saturated rings. The lowest BCUT2D eigenvalue weighted by molar-refractivity contribution is -0.131. The zero-order chi connectivity index (χ0) is 13.0. The van der Waals surface area contributed by atoms with Crippen LogP contribution in [0.25, 0.3) is 0 Å². The van der Waals surface area contributed by atoms with Crippen molar-refractivity contribution in [2.75, 3.05) is 13.2 Å².